The van der Waals surface area contributed by atoms with Gasteiger partial charge in [0.1, 0.15) is 5.69 Å². The van der Waals surface area contributed by atoms with Gasteiger partial charge in [-0.1, -0.05) is 6.07 Å². The van der Waals surface area contributed by atoms with Gasteiger partial charge in [0.05, 0.1) is 18.6 Å². The molecule has 0 aliphatic rings. The van der Waals surface area contributed by atoms with Crippen molar-refractivity contribution < 1.29 is 9.90 Å². The molecular formula is C11H11N3O3. The van der Waals surface area contributed by atoms with Gasteiger partial charge in [-0.15, -0.1) is 0 Å². The third-order valence-corrected chi connectivity index (χ3v) is 2.51. The molecule has 0 aliphatic heterocycles. The van der Waals surface area contributed by atoms with Crippen LogP contribution in [0.25, 0.3) is 0 Å². The van der Waals surface area contributed by atoms with Gasteiger partial charge in [-0.3, -0.25) is 9.36 Å². The maximum absolute atomic E-state index is 11.7. The first-order valence-electron chi connectivity index (χ1n) is 4.98. The molecule has 0 atom stereocenters. The Morgan fingerprint density at radius 3 is 2.82 bits per heavy atom. The van der Waals surface area contributed by atoms with E-state index >= 15 is 0 Å². The average Bonchev–Trinajstić information content (AvgIpc) is 2.67. The van der Waals surface area contributed by atoms with Crippen molar-refractivity contribution in [3.05, 3.63) is 52.5 Å². The van der Waals surface area contributed by atoms with E-state index in [1.165, 1.54) is 22.8 Å². The van der Waals surface area contributed by atoms with E-state index in [1.54, 1.807) is 24.1 Å². The molecule has 0 radical (unpaired) electrons. The standard InChI is InChI=1S/C11H11N3O3/c1-13-7-12-5-8(13)6-14-9(11(16)17)3-2-4-10(14)15/h2-5,7H,6H2,1H3,(H,16,17). The van der Waals surface area contributed by atoms with Crippen LogP contribution in [0, 0.1) is 0 Å². The minimum Gasteiger partial charge on any atom is -0.477 e. The SMILES string of the molecule is Cn1cncc1Cn1c(C(=O)O)cccc1=O. The Hall–Kier alpha value is -2.37. The predicted octanol–water partition coefficient (Wildman–Crippen LogP) is 0.328. The van der Waals surface area contributed by atoms with Gasteiger partial charge >= 0.3 is 5.97 Å². The number of aryl methyl sites for hydroxylation is 1. The molecule has 2 aromatic heterocycles. The third kappa shape index (κ3) is 2.10. The summed E-state index contributed by atoms with van der Waals surface area (Å²) in [6, 6.07) is 4.18. The summed E-state index contributed by atoms with van der Waals surface area (Å²) >= 11 is 0. The number of hydrogen-bond donors (Lipinski definition) is 1. The van der Waals surface area contributed by atoms with Crippen LogP contribution < -0.4 is 5.56 Å². The van der Waals surface area contributed by atoms with E-state index in [4.69, 9.17) is 5.11 Å². The number of rotatable bonds is 3. The van der Waals surface area contributed by atoms with Gasteiger partial charge in [-0.25, -0.2) is 9.78 Å². The van der Waals surface area contributed by atoms with E-state index < -0.39 is 5.97 Å². The zero-order valence-corrected chi connectivity index (χ0v) is 9.20. The molecule has 0 aliphatic carbocycles. The van der Waals surface area contributed by atoms with Gasteiger partial charge in [0.25, 0.3) is 5.56 Å². The van der Waals surface area contributed by atoms with E-state index in [1.807, 2.05) is 0 Å². The number of aromatic nitrogens is 3. The summed E-state index contributed by atoms with van der Waals surface area (Å²) in [4.78, 5) is 26.6. The van der Waals surface area contributed by atoms with Crippen molar-refractivity contribution in [2.24, 2.45) is 7.05 Å². The molecule has 1 N–H and O–H groups in total. The quantitative estimate of drug-likeness (QED) is 0.828. The lowest BCUT2D eigenvalue weighted by Crippen LogP contribution is -2.26. The number of carbonyl (C=O) groups is 1. The molecule has 2 aromatic rings. The highest BCUT2D eigenvalue weighted by Crippen LogP contribution is 2.03. The Kier molecular flexibility index (Phi) is 2.78. The summed E-state index contributed by atoms with van der Waals surface area (Å²) in [5.41, 5.74) is 0.394. The molecule has 6 heteroatoms. The van der Waals surface area contributed by atoms with Crippen molar-refractivity contribution >= 4 is 5.97 Å². The van der Waals surface area contributed by atoms with Crippen molar-refractivity contribution in [1.29, 1.82) is 0 Å². The number of aromatic carboxylic acids is 1. The molecule has 0 fully saturated rings. The maximum atomic E-state index is 11.7. The molecule has 17 heavy (non-hydrogen) atoms. The molecule has 2 rings (SSSR count). The van der Waals surface area contributed by atoms with Crippen LogP contribution in [0.4, 0.5) is 0 Å². The first-order valence-corrected chi connectivity index (χ1v) is 4.98. The van der Waals surface area contributed by atoms with Gasteiger partial charge in [0.15, 0.2) is 0 Å². The number of hydrogen-bond acceptors (Lipinski definition) is 3. The van der Waals surface area contributed by atoms with E-state index in [0.717, 1.165) is 5.69 Å². The van der Waals surface area contributed by atoms with Crippen molar-refractivity contribution in [2.45, 2.75) is 6.54 Å². The number of imidazole rings is 1. The summed E-state index contributed by atoms with van der Waals surface area (Å²) in [7, 11) is 1.79. The van der Waals surface area contributed by atoms with E-state index in [2.05, 4.69) is 4.98 Å². The topological polar surface area (TPSA) is 77.1 Å². The summed E-state index contributed by atoms with van der Waals surface area (Å²) in [5, 5.41) is 9.01. The molecule has 88 valence electrons. The number of carboxylic acids is 1. The molecule has 0 aromatic carbocycles. The molecule has 0 unspecified atom stereocenters. The lowest BCUT2D eigenvalue weighted by atomic mass is 10.3. The molecule has 2 heterocycles. The Labute approximate surface area is 96.8 Å². The van der Waals surface area contributed by atoms with E-state index in [-0.39, 0.29) is 17.8 Å². The molecule has 0 spiro atoms. The highest BCUT2D eigenvalue weighted by molar-refractivity contribution is 5.85. The van der Waals surface area contributed by atoms with E-state index in [0.29, 0.717) is 0 Å². The van der Waals surface area contributed by atoms with Gasteiger partial charge < -0.3 is 9.67 Å². The second-order valence-electron chi connectivity index (χ2n) is 3.64. The zero-order chi connectivity index (χ0) is 12.4. The maximum Gasteiger partial charge on any atom is 0.352 e. The molecule has 6 nitrogen and oxygen atoms in total. The van der Waals surface area contributed by atoms with Crippen molar-refractivity contribution in [2.75, 3.05) is 0 Å². The van der Waals surface area contributed by atoms with E-state index in [9.17, 15) is 9.59 Å². The summed E-state index contributed by atoms with van der Waals surface area (Å²) in [6.07, 6.45) is 3.20. The molecule has 0 saturated heterocycles. The van der Waals surface area contributed by atoms with Crippen molar-refractivity contribution in [1.82, 2.24) is 14.1 Å². The minimum absolute atomic E-state index is 0.0290. The Morgan fingerprint density at radius 2 is 2.24 bits per heavy atom. The highest BCUT2D eigenvalue weighted by Gasteiger charge is 2.11. The largest absolute Gasteiger partial charge is 0.477 e. The van der Waals surface area contributed by atoms with Gasteiger partial charge in [-0.05, 0) is 6.07 Å². The molecular weight excluding hydrogens is 222 g/mol. The van der Waals surface area contributed by atoms with Crippen LogP contribution in [0.1, 0.15) is 16.2 Å². The fourth-order valence-corrected chi connectivity index (χ4v) is 1.57. The predicted molar refractivity (Wildman–Crippen MR) is 60.0 cm³/mol. The normalized spacial score (nSPS) is 10.4. The third-order valence-electron chi connectivity index (χ3n) is 2.51. The van der Waals surface area contributed by atoms with Gasteiger partial charge in [0, 0.05) is 19.3 Å². The Bertz CT molecular complexity index is 612. The van der Waals surface area contributed by atoms with Crippen LogP contribution in [0.3, 0.4) is 0 Å². The first kappa shape index (κ1) is 11.1. The lowest BCUT2D eigenvalue weighted by molar-refractivity contribution is 0.0684. The minimum atomic E-state index is -1.12. The van der Waals surface area contributed by atoms with Gasteiger partial charge in [-0.2, -0.15) is 0 Å². The fraction of sp³-hybridized carbons (Fsp3) is 0.182. The monoisotopic (exact) mass is 233 g/mol. The lowest BCUT2D eigenvalue weighted by Gasteiger charge is -2.09. The fourth-order valence-electron chi connectivity index (χ4n) is 1.57. The van der Waals surface area contributed by atoms with Crippen LogP contribution in [0.15, 0.2) is 35.5 Å². The smallest absolute Gasteiger partial charge is 0.352 e. The number of nitrogens with zero attached hydrogens (tertiary/aromatic N) is 3. The molecule has 0 saturated carbocycles. The van der Waals surface area contributed by atoms with Gasteiger partial charge in [0.2, 0.25) is 0 Å². The second-order valence-corrected chi connectivity index (χ2v) is 3.64. The number of pyridine rings is 1. The summed E-state index contributed by atoms with van der Waals surface area (Å²) < 4.78 is 2.95. The van der Waals surface area contributed by atoms with Crippen LogP contribution in [0.2, 0.25) is 0 Å². The Morgan fingerprint density at radius 1 is 1.47 bits per heavy atom. The average molecular weight is 233 g/mol. The van der Waals surface area contributed by atoms with Crippen LogP contribution in [-0.4, -0.2) is 25.2 Å². The van der Waals surface area contributed by atoms with Crippen molar-refractivity contribution in [3.8, 4) is 0 Å². The second kappa shape index (κ2) is 4.25. The Balaban J connectivity index is 2.49. The zero-order valence-electron chi connectivity index (χ0n) is 9.20. The molecule has 0 bridgehead atoms. The highest BCUT2D eigenvalue weighted by atomic mass is 16.4. The van der Waals surface area contributed by atoms with Crippen LogP contribution in [-0.2, 0) is 13.6 Å². The summed E-state index contributed by atoms with van der Waals surface area (Å²) in [5.74, 6) is -1.12. The first-order chi connectivity index (χ1) is 8.09. The molecule has 0 amide bonds. The summed E-state index contributed by atoms with van der Waals surface area (Å²) in [6.45, 7) is 0.192. The van der Waals surface area contributed by atoms with Crippen LogP contribution in [0.5, 0.6) is 0 Å². The number of carboxylic acid groups (broad SMARTS) is 1. The van der Waals surface area contributed by atoms with Crippen LogP contribution >= 0.6 is 0 Å². The van der Waals surface area contributed by atoms with Crippen molar-refractivity contribution in [3.63, 3.8) is 0 Å².